The Hall–Kier alpha value is -1.66. The summed E-state index contributed by atoms with van der Waals surface area (Å²) in [6.45, 7) is 4.63. The number of anilines is 1. The quantitative estimate of drug-likeness (QED) is 0.778. The fourth-order valence-electron chi connectivity index (χ4n) is 3.10. The summed E-state index contributed by atoms with van der Waals surface area (Å²) in [5.41, 5.74) is 8.61. The van der Waals surface area contributed by atoms with Crippen molar-refractivity contribution in [3.8, 4) is 0 Å². The van der Waals surface area contributed by atoms with Gasteiger partial charge in [-0.1, -0.05) is 13.3 Å². The highest BCUT2D eigenvalue weighted by Crippen LogP contribution is 2.26. The second-order valence-electron chi connectivity index (χ2n) is 5.61. The summed E-state index contributed by atoms with van der Waals surface area (Å²) in [6.07, 6.45) is 5.43. The number of fused-ring (bicyclic) bond motifs is 1. The molecule has 1 unspecified atom stereocenters. The van der Waals surface area contributed by atoms with Crippen LogP contribution in [0.4, 0.5) is 5.82 Å². The first-order valence-electron chi connectivity index (χ1n) is 7.16. The van der Waals surface area contributed by atoms with Crippen molar-refractivity contribution in [3.63, 3.8) is 0 Å². The highest BCUT2D eigenvalue weighted by atomic mass is 16.3. The summed E-state index contributed by atoms with van der Waals surface area (Å²) < 4.78 is 0. The lowest BCUT2D eigenvalue weighted by atomic mass is 10.0. The number of aromatic nitrogens is 3. The van der Waals surface area contributed by atoms with E-state index in [1.54, 1.807) is 0 Å². The first-order valence-corrected chi connectivity index (χ1v) is 7.16. The van der Waals surface area contributed by atoms with Gasteiger partial charge in [0, 0.05) is 31.4 Å². The summed E-state index contributed by atoms with van der Waals surface area (Å²) in [5, 5.41) is 10.1. The minimum atomic E-state index is -0.208. The molecule has 0 aromatic carbocycles. The number of hydrogen-bond acceptors (Lipinski definition) is 5. The van der Waals surface area contributed by atoms with E-state index in [-0.39, 0.29) is 6.10 Å². The molecule has 6 heteroatoms. The largest absolute Gasteiger partial charge is 0.391 e. The third kappa shape index (κ3) is 2.36. The summed E-state index contributed by atoms with van der Waals surface area (Å²) in [6, 6.07) is 0. The van der Waals surface area contributed by atoms with Gasteiger partial charge in [-0.05, 0) is 12.3 Å². The van der Waals surface area contributed by atoms with Crippen LogP contribution < -0.4 is 5.73 Å². The lowest BCUT2D eigenvalue weighted by Crippen LogP contribution is -2.21. The monoisotopic (exact) mass is 275 g/mol. The molecule has 0 saturated carbocycles. The second-order valence-corrected chi connectivity index (χ2v) is 5.61. The minimum absolute atomic E-state index is 0.208. The Morgan fingerprint density at radius 3 is 3.10 bits per heavy atom. The standard InChI is InChI=1S/C14H21N5O/c1-2-3-9-5-19(7-11(9)20)6-10-4-16-13-12(10)17-8-18-14(13)15/h4,8-9,11,16,20H,2-3,5-7H2,1H3,(H2,15,17,18)/t9?,11-/m1/s1. The number of likely N-dealkylation sites (tertiary alicyclic amines) is 1. The fourth-order valence-corrected chi connectivity index (χ4v) is 3.10. The van der Waals surface area contributed by atoms with Crippen LogP contribution in [0.25, 0.3) is 11.0 Å². The maximum atomic E-state index is 10.1. The smallest absolute Gasteiger partial charge is 0.151 e. The van der Waals surface area contributed by atoms with E-state index in [4.69, 9.17) is 5.73 Å². The van der Waals surface area contributed by atoms with Gasteiger partial charge >= 0.3 is 0 Å². The van der Waals surface area contributed by atoms with E-state index >= 15 is 0 Å². The van der Waals surface area contributed by atoms with Crippen molar-refractivity contribution in [2.75, 3.05) is 18.8 Å². The molecule has 0 bridgehead atoms. The lowest BCUT2D eigenvalue weighted by molar-refractivity contribution is 0.137. The number of rotatable bonds is 4. The molecule has 0 aliphatic carbocycles. The average Bonchev–Trinajstić information content (AvgIpc) is 2.97. The molecule has 2 atom stereocenters. The van der Waals surface area contributed by atoms with E-state index in [0.29, 0.717) is 11.7 Å². The van der Waals surface area contributed by atoms with Crippen LogP contribution in [0.5, 0.6) is 0 Å². The van der Waals surface area contributed by atoms with Crippen LogP contribution in [0.1, 0.15) is 25.3 Å². The number of aliphatic hydroxyl groups excluding tert-OH is 1. The molecule has 4 N–H and O–H groups in total. The van der Waals surface area contributed by atoms with Crippen molar-refractivity contribution in [1.82, 2.24) is 19.9 Å². The van der Waals surface area contributed by atoms with E-state index in [2.05, 4.69) is 26.8 Å². The number of H-pyrrole nitrogens is 1. The van der Waals surface area contributed by atoms with Crippen molar-refractivity contribution < 1.29 is 5.11 Å². The van der Waals surface area contributed by atoms with E-state index in [1.807, 2.05) is 6.20 Å². The Balaban J connectivity index is 1.76. The second kappa shape index (κ2) is 5.38. The summed E-state index contributed by atoms with van der Waals surface area (Å²) in [4.78, 5) is 13.7. The molecule has 20 heavy (non-hydrogen) atoms. The van der Waals surface area contributed by atoms with E-state index in [1.165, 1.54) is 6.33 Å². The van der Waals surface area contributed by atoms with Crippen LogP contribution in [0.15, 0.2) is 12.5 Å². The first kappa shape index (κ1) is 13.3. The van der Waals surface area contributed by atoms with Gasteiger partial charge in [0.1, 0.15) is 11.8 Å². The van der Waals surface area contributed by atoms with Crippen LogP contribution in [-0.2, 0) is 6.54 Å². The van der Waals surface area contributed by atoms with E-state index < -0.39 is 0 Å². The predicted octanol–water partition coefficient (Wildman–Crippen LogP) is 1.13. The van der Waals surface area contributed by atoms with Crippen LogP contribution in [0.2, 0.25) is 0 Å². The van der Waals surface area contributed by atoms with Crippen LogP contribution in [0, 0.1) is 5.92 Å². The van der Waals surface area contributed by atoms with Gasteiger partial charge in [0.2, 0.25) is 0 Å². The number of nitrogens with zero attached hydrogens (tertiary/aromatic N) is 3. The van der Waals surface area contributed by atoms with Gasteiger partial charge in [-0.15, -0.1) is 0 Å². The average molecular weight is 275 g/mol. The van der Waals surface area contributed by atoms with Gasteiger partial charge < -0.3 is 15.8 Å². The molecule has 1 saturated heterocycles. The topological polar surface area (TPSA) is 91.1 Å². The highest BCUT2D eigenvalue weighted by Gasteiger charge is 2.30. The van der Waals surface area contributed by atoms with E-state index in [9.17, 15) is 5.11 Å². The summed E-state index contributed by atoms with van der Waals surface area (Å²) in [7, 11) is 0. The number of hydrogen-bond donors (Lipinski definition) is 3. The first-order chi connectivity index (χ1) is 9.69. The number of nitrogens with one attached hydrogen (secondary N) is 1. The van der Waals surface area contributed by atoms with Gasteiger partial charge in [-0.2, -0.15) is 0 Å². The number of β-amino-alcohol motifs (C(OH)–C–C–N with tert-alkyl or cyclic N) is 1. The zero-order valence-corrected chi connectivity index (χ0v) is 11.7. The molecular weight excluding hydrogens is 254 g/mol. The molecule has 0 amide bonds. The van der Waals surface area contributed by atoms with Crippen molar-refractivity contribution in [3.05, 3.63) is 18.1 Å². The molecule has 1 fully saturated rings. The molecule has 0 spiro atoms. The Morgan fingerprint density at radius 1 is 1.45 bits per heavy atom. The normalized spacial score (nSPS) is 23.7. The fraction of sp³-hybridized carbons (Fsp3) is 0.571. The minimum Gasteiger partial charge on any atom is -0.391 e. The molecular formula is C14H21N5O. The van der Waals surface area contributed by atoms with Gasteiger partial charge in [0.25, 0.3) is 0 Å². The van der Waals surface area contributed by atoms with Crippen molar-refractivity contribution in [2.24, 2.45) is 5.92 Å². The maximum Gasteiger partial charge on any atom is 0.151 e. The lowest BCUT2D eigenvalue weighted by Gasteiger charge is -2.14. The van der Waals surface area contributed by atoms with E-state index in [0.717, 1.165) is 49.1 Å². The Bertz CT molecular complexity index is 596. The Labute approximate surface area is 118 Å². The van der Waals surface area contributed by atoms with Crippen LogP contribution >= 0.6 is 0 Å². The molecule has 1 aliphatic heterocycles. The molecule has 108 valence electrons. The third-order valence-corrected chi connectivity index (χ3v) is 4.11. The number of aromatic amines is 1. The predicted molar refractivity (Wildman–Crippen MR) is 78.0 cm³/mol. The van der Waals surface area contributed by atoms with Crippen molar-refractivity contribution >= 4 is 16.9 Å². The molecule has 2 aromatic heterocycles. The molecule has 6 nitrogen and oxygen atoms in total. The van der Waals surface area contributed by atoms with Gasteiger partial charge in [0.05, 0.1) is 11.6 Å². The number of nitrogen functional groups attached to an aromatic ring is 1. The number of aliphatic hydroxyl groups is 1. The Morgan fingerprint density at radius 2 is 2.30 bits per heavy atom. The SMILES string of the molecule is CCCC1CN(Cc2c[nH]c3c(N)ncnc23)C[C@H]1O. The third-order valence-electron chi connectivity index (χ3n) is 4.11. The molecule has 0 radical (unpaired) electrons. The van der Waals surface area contributed by atoms with Crippen LogP contribution in [0.3, 0.4) is 0 Å². The molecule has 3 heterocycles. The van der Waals surface area contributed by atoms with Crippen LogP contribution in [-0.4, -0.2) is 44.2 Å². The zero-order valence-electron chi connectivity index (χ0n) is 11.7. The van der Waals surface area contributed by atoms with Crippen molar-refractivity contribution in [2.45, 2.75) is 32.4 Å². The maximum absolute atomic E-state index is 10.1. The highest BCUT2D eigenvalue weighted by molar-refractivity contribution is 5.86. The Kier molecular flexibility index (Phi) is 3.58. The zero-order chi connectivity index (χ0) is 14.1. The molecule has 1 aliphatic rings. The van der Waals surface area contributed by atoms with Gasteiger partial charge in [-0.3, -0.25) is 4.90 Å². The summed E-state index contributed by atoms with van der Waals surface area (Å²) in [5.74, 6) is 0.872. The summed E-state index contributed by atoms with van der Waals surface area (Å²) >= 11 is 0. The molecule has 2 aromatic rings. The molecule has 3 rings (SSSR count). The number of nitrogens with two attached hydrogens (primary N) is 1. The van der Waals surface area contributed by atoms with Crippen molar-refractivity contribution in [1.29, 1.82) is 0 Å². The van der Waals surface area contributed by atoms with Gasteiger partial charge in [0.15, 0.2) is 5.82 Å². The van der Waals surface area contributed by atoms with Gasteiger partial charge in [-0.25, -0.2) is 9.97 Å².